The third kappa shape index (κ3) is 2.90. The Labute approximate surface area is 112 Å². The Kier molecular flexibility index (Phi) is 4.00. The van der Waals surface area contributed by atoms with Crippen molar-refractivity contribution in [3.63, 3.8) is 0 Å². The number of halogens is 1. The lowest BCUT2D eigenvalue weighted by Gasteiger charge is -2.14. The number of carbonyl (C=O) groups is 1. The van der Waals surface area contributed by atoms with Gasteiger partial charge in [-0.3, -0.25) is 4.79 Å². The summed E-state index contributed by atoms with van der Waals surface area (Å²) in [6.07, 6.45) is 0. The molecule has 0 bridgehead atoms. The second-order valence-corrected chi connectivity index (χ2v) is 4.49. The minimum Gasteiger partial charge on any atom is -0.345 e. The van der Waals surface area contributed by atoms with Crippen molar-refractivity contribution in [1.82, 2.24) is 5.32 Å². The van der Waals surface area contributed by atoms with E-state index < -0.39 is 0 Å². The van der Waals surface area contributed by atoms with Gasteiger partial charge in [0.25, 0.3) is 5.91 Å². The van der Waals surface area contributed by atoms with E-state index in [1.54, 1.807) is 24.3 Å². The minimum atomic E-state index is -0.156. The molecule has 0 aromatic heterocycles. The lowest BCUT2D eigenvalue weighted by atomic mass is 10.1. The second kappa shape index (κ2) is 5.69. The number of rotatable bonds is 3. The van der Waals surface area contributed by atoms with Gasteiger partial charge in [0, 0.05) is 0 Å². The van der Waals surface area contributed by atoms with Gasteiger partial charge in [-0.05, 0) is 24.6 Å². The lowest BCUT2D eigenvalue weighted by Crippen LogP contribution is -2.26. The van der Waals surface area contributed by atoms with Crippen LogP contribution in [-0.4, -0.2) is 5.91 Å². The molecule has 2 aromatic carbocycles. The highest BCUT2D eigenvalue weighted by Crippen LogP contribution is 2.17. The first-order valence-electron chi connectivity index (χ1n) is 5.79. The van der Waals surface area contributed by atoms with Crippen LogP contribution in [-0.2, 0) is 0 Å². The maximum atomic E-state index is 12.1. The van der Waals surface area contributed by atoms with Crippen molar-refractivity contribution < 1.29 is 4.79 Å². The van der Waals surface area contributed by atoms with Crippen LogP contribution in [0.25, 0.3) is 0 Å². The summed E-state index contributed by atoms with van der Waals surface area (Å²) in [6.45, 7) is 1.95. The first-order valence-corrected chi connectivity index (χ1v) is 6.16. The molecule has 0 aliphatic rings. The highest BCUT2D eigenvalue weighted by Gasteiger charge is 2.13. The summed E-state index contributed by atoms with van der Waals surface area (Å²) in [5.74, 6) is -0.156. The third-order valence-electron chi connectivity index (χ3n) is 2.77. The first kappa shape index (κ1) is 12.7. The molecule has 2 nitrogen and oxygen atoms in total. The Bertz CT molecular complexity index is 539. The number of benzene rings is 2. The molecule has 1 amide bonds. The minimum absolute atomic E-state index is 0.0463. The van der Waals surface area contributed by atoms with Crippen molar-refractivity contribution in [2.75, 3.05) is 0 Å². The van der Waals surface area contributed by atoms with Crippen LogP contribution < -0.4 is 5.32 Å². The largest absolute Gasteiger partial charge is 0.345 e. The fraction of sp³-hybridized carbons (Fsp3) is 0.133. The van der Waals surface area contributed by atoms with E-state index in [9.17, 15) is 4.79 Å². The quantitative estimate of drug-likeness (QED) is 0.892. The molecule has 0 unspecified atom stereocenters. The Morgan fingerprint density at radius 2 is 1.67 bits per heavy atom. The predicted molar refractivity (Wildman–Crippen MR) is 73.8 cm³/mol. The highest BCUT2D eigenvalue weighted by atomic mass is 35.5. The number of carbonyl (C=O) groups excluding carboxylic acids is 1. The van der Waals surface area contributed by atoms with Gasteiger partial charge in [-0.1, -0.05) is 54.1 Å². The molecule has 2 aromatic rings. The van der Waals surface area contributed by atoms with Crippen molar-refractivity contribution in [2.24, 2.45) is 0 Å². The molecule has 0 spiro atoms. The standard InChI is InChI=1S/C15H14ClNO/c1-11(12-7-3-2-4-8-12)17-15(18)13-9-5-6-10-14(13)16/h2-11H,1H3,(H,17,18)/t11-/m1/s1. The normalized spacial score (nSPS) is 11.9. The van der Waals surface area contributed by atoms with Crippen molar-refractivity contribution in [3.8, 4) is 0 Å². The average molecular weight is 260 g/mol. The molecule has 18 heavy (non-hydrogen) atoms. The number of hydrogen-bond donors (Lipinski definition) is 1. The van der Waals surface area contributed by atoms with E-state index in [2.05, 4.69) is 5.32 Å². The van der Waals surface area contributed by atoms with Crippen molar-refractivity contribution >= 4 is 17.5 Å². The Morgan fingerprint density at radius 3 is 2.33 bits per heavy atom. The molecular weight excluding hydrogens is 246 g/mol. The number of hydrogen-bond acceptors (Lipinski definition) is 1. The molecule has 3 heteroatoms. The van der Waals surface area contributed by atoms with E-state index in [0.29, 0.717) is 10.6 Å². The average Bonchev–Trinajstić information content (AvgIpc) is 2.40. The molecule has 92 valence electrons. The van der Waals surface area contributed by atoms with Crippen LogP contribution >= 0.6 is 11.6 Å². The lowest BCUT2D eigenvalue weighted by molar-refractivity contribution is 0.0940. The Balaban J connectivity index is 2.11. The summed E-state index contributed by atoms with van der Waals surface area (Å²) in [5.41, 5.74) is 1.57. The fourth-order valence-corrected chi connectivity index (χ4v) is 1.97. The smallest absolute Gasteiger partial charge is 0.253 e. The summed E-state index contributed by atoms with van der Waals surface area (Å²) in [5, 5.41) is 3.40. The van der Waals surface area contributed by atoms with Crippen LogP contribution in [0.1, 0.15) is 28.9 Å². The van der Waals surface area contributed by atoms with Crippen LogP contribution in [0.15, 0.2) is 54.6 Å². The fourth-order valence-electron chi connectivity index (χ4n) is 1.74. The van der Waals surface area contributed by atoms with Crippen molar-refractivity contribution in [2.45, 2.75) is 13.0 Å². The summed E-state index contributed by atoms with van der Waals surface area (Å²) in [4.78, 5) is 12.1. The van der Waals surface area contributed by atoms with Gasteiger partial charge in [-0.15, -0.1) is 0 Å². The molecule has 0 radical (unpaired) electrons. The van der Waals surface area contributed by atoms with E-state index in [4.69, 9.17) is 11.6 Å². The van der Waals surface area contributed by atoms with E-state index in [1.807, 2.05) is 37.3 Å². The Hall–Kier alpha value is -1.80. The molecule has 0 aliphatic carbocycles. The maximum absolute atomic E-state index is 12.1. The summed E-state index contributed by atoms with van der Waals surface area (Å²) in [7, 11) is 0. The van der Waals surface area contributed by atoms with E-state index in [0.717, 1.165) is 5.56 Å². The zero-order valence-corrected chi connectivity index (χ0v) is 10.8. The van der Waals surface area contributed by atoms with Crippen LogP contribution in [0.4, 0.5) is 0 Å². The molecule has 0 saturated carbocycles. The van der Waals surface area contributed by atoms with Crippen molar-refractivity contribution in [3.05, 3.63) is 70.7 Å². The second-order valence-electron chi connectivity index (χ2n) is 4.09. The van der Waals surface area contributed by atoms with Crippen molar-refractivity contribution in [1.29, 1.82) is 0 Å². The summed E-state index contributed by atoms with van der Waals surface area (Å²) in [6, 6.07) is 16.8. The van der Waals surface area contributed by atoms with Crippen LogP contribution in [0, 0.1) is 0 Å². The zero-order chi connectivity index (χ0) is 13.0. The third-order valence-corrected chi connectivity index (χ3v) is 3.10. The molecule has 0 saturated heterocycles. The molecule has 0 heterocycles. The molecule has 2 rings (SSSR count). The molecule has 1 N–H and O–H groups in total. The first-order chi connectivity index (χ1) is 8.68. The molecule has 0 fully saturated rings. The van der Waals surface area contributed by atoms with Gasteiger partial charge < -0.3 is 5.32 Å². The van der Waals surface area contributed by atoms with Gasteiger partial charge in [-0.25, -0.2) is 0 Å². The topological polar surface area (TPSA) is 29.1 Å². The SMILES string of the molecule is C[C@@H](NC(=O)c1ccccc1Cl)c1ccccc1. The van der Waals surface area contributed by atoms with Crippen LogP contribution in [0.5, 0.6) is 0 Å². The van der Waals surface area contributed by atoms with Gasteiger partial charge in [-0.2, -0.15) is 0 Å². The Morgan fingerprint density at radius 1 is 1.06 bits per heavy atom. The van der Waals surface area contributed by atoms with Gasteiger partial charge in [0.2, 0.25) is 0 Å². The molecule has 0 aliphatic heterocycles. The van der Waals surface area contributed by atoms with Gasteiger partial charge in [0.15, 0.2) is 0 Å². The molecule has 1 atom stereocenters. The molecular formula is C15H14ClNO. The monoisotopic (exact) mass is 259 g/mol. The summed E-state index contributed by atoms with van der Waals surface area (Å²) < 4.78 is 0. The maximum Gasteiger partial charge on any atom is 0.253 e. The summed E-state index contributed by atoms with van der Waals surface area (Å²) >= 11 is 5.99. The zero-order valence-electron chi connectivity index (χ0n) is 10.1. The van der Waals surface area contributed by atoms with E-state index in [1.165, 1.54) is 0 Å². The van der Waals surface area contributed by atoms with E-state index >= 15 is 0 Å². The van der Waals surface area contributed by atoms with Gasteiger partial charge >= 0.3 is 0 Å². The number of nitrogens with one attached hydrogen (secondary N) is 1. The highest BCUT2D eigenvalue weighted by molar-refractivity contribution is 6.33. The van der Waals surface area contributed by atoms with E-state index in [-0.39, 0.29) is 11.9 Å². The number of amides is 1. The van der Waals surface area contributed by atoms with Gasteiger partial charge in [0.1, 0.15) is 0 Å². The van der Waals surface area contributed by atoms with Crippen LogP contribution in [0.2, 0.25) is 5.02 Å². The predicted octanol–water partition coefficient (Wildman–Crippen LogP) is 3.83. The van der Waals surface area contributed by atoms with Crippen LogP contribution in [0.3, 0.4) is 0 Å². The van der Waals surface area contributed by atoms with Gasteiger partial charge in [0.05, 0.1) is 16.6 Å².